The van der Waals surface area contributed by atoms with Crippen LogP contribution in [0.2, 0.25) is 0 Å². The molecule has 108 valence electrons. The number of H-pyrrole nitrogens is 1. The van der Waals surface area contributed by atoms with Crippen LogP contribution in [-0.2, 0) is 4.79 Å². The molecule has 0 aromatic carbocycles. The molecule has 0 aliphatic heterocycles. The molecular weight excluding hydrogens is 260 g/mol. The Morgan fingerprint density at radius 1 is 1.30 bits per heavy atom. The summed E-state index contributed by atoms with van der Waals surface area (Å²) in [6, 6.07) is 2.72. The first-order valence-electron chi connectivity index (χ1n) is 6.74. The molecule has 1 fully saturated rings. The van der Waals surface area contributed by atoms with Gasteiger partial charge in [-0.25, -0.2) is 0 Å². The minimum absolute atomic E-state index is 0.0814. The molecule has 0 radical (unpaired) electrons. The van der Waals surface area contributed by atoms with Crippen LogP contribution in [0.3, 0.4) is 0 Å². The lowest BCUT2D eigenvalue weighted by Gasteiger charge is -2.37. The van der Waals surface area contributed by atoms with E-state index in [9.17, 15) is 14.4 Å². The van der Waals surface area contributed by atoms with E-state index in [-0.39, 0.29) is 23.5 Å². The first-order chi connectivity index (χ1) is 9.51. The van der Waals surface area contributed by atoms with Crippen molar-refractivity contribution >= 4 is 11.9 Å². The molecule has 20 heavy (non-hydrogen) atoms. The summed E-state index contributed by atoms with van der Waals surface area (Å²) in [7, 11) is 0. The highest BCUT2D eigenvalue weighted by Crippen LogP contribution is 2.31. The third-order valence-corrected chi connectivity index (χ3v) is 3.72. The fourth-order valence-corrected chi connectivity index (χ4v) is 2.76. The standard InChI is InChI=1S/C14H18N2O4/c17-11-8-10(4-7-15-11)13(20)16-14(9-12(18)19)5-2-1-3-6-14/h4,7-8H,1-3,5-6,9H2,(H,15,17)(H,16,20)(H,18,19). The molecule has 2 rings (SSSR count). The lowest BCUT2D eigenvalue weighted by atomic mass is 9.79. The van der Waals surface area contributed by atoms with Gasteiger partial charge < -0.3 is 15.4 Å². The summed E-state index contributed by atoms with van der Waals surface area (Å²) in [5, 5.41) is 11.9. The van der Waals surface area contributed by atoms with Gasteiger partial charge in [0.2, 0.25) is 5.56 Å². The molecule has 0 unspecified atom stereocenters. The molecule has 1 aliphatic carbocycles. The van der Waals surface area contributed by atoms with Gasteiger partial charge in [-0.05, 0) is 18.9 Å². The zero-order valence-electron chi connectivity index (χ0n) is 11.1. The van der Waals surface area contributed by atoms with E-state index in [2.05, 4.69) is 10.3 Å². The lowest BCUT2D eigenvalue weighted by Crippen LogP contribution is -2.51. The van der Waals surface area contributed by atoms with Crippen LogP contribution in [0.25, 0.3) is 0 Å². The number of carbonyl (C=O) groups excluding carboxylic acids is 1. The minimum atomic E-state index is -0.918. The number of amides is 1. The number of carboxylic acid groups (broad SMARTS) is 1. The number of aromatic amines is 1. The third-order valence-electron chi connectivity index (χ3n) is 3.72. The Hall–Kier alpha value is -2.11. The molecule has 3 N–H and O–H groups in total. The van der Waals surface area contributed by atoms with Crippen LogP contribution in [0, 0.1) is 0 Å². The molecule has 1 aromatic rings. The van der Waals surface area contributed by atoms with Crippen molar-refractivity contribution in [2.24, 2.45) is 0 Å². The first kappa shape index (κ1) is 14.3. The molecule has 6 heteroatoms. The predicted molar refractivity (Wildman–Crippen MR) is 72.6 cm³/mol. The monoisotopic (exact) mass is 278 g/mol. The number of aliphatic carboxylic acids is 1. The SMILES string of the molecule is O=C(O)CC1(NC(=O)c2cc[nH]c(=O)c2)CCCCC1. The van der Waals surface area contributed by atoms with E-state index in [1.807, 2.05) is 0 Å². The fourth-order valence-electron chi connectivity index (χ4n) is 2.76. The quantitative estimate of drug-likeness (QED) is 0.772. The van der Waals surface area contributed by atoms with E-state index in [1.54, 1.807) is 0 Å². The van der Waals surface area contributed by atoms with Crippen molar-refractivity contribution in [1.82, 2.24) is 10.3 Å². The Balaban J connectivity index is 2.17. The smallest absolute Gasteiger partial charge is 0.305 e. The van der Waals surface area contributed by atoms with E-state index < -0.39 is 11.5 Å². The highest BCUT2D eigenvalue weighted by molar-refractivity contribution is 5.94. The van der Waals surface area contributed by atoms with Crippen LogP contribution >= 0.6 is 0 Å². The molecule has 1 amide bonds. The highest BCUT2D eigenvalue weighted by Gasteiger charge is 2.36. The summed E-state index contributed by atoms with van der Waals surface area (Å²) in [6.07, 6.45) is 5.51. The Morgan fingerprint density at radius 2 is 2.00 bits per heavy atom. The number of carboxylic acids is 1. The van der Waals surface area contributed by atoms with E-state index in [0.717, 1.165) is 19.3 Å². The maximum absolute atomic E-state index is 12.2. The van der Waals surface area contributed by atoms with Crippen LogP contribution in [0.1, 0.15) is 48.9 Å². The highest BCUT2D eigenvalue weighted by atomic mass is 16.4. The molecule has 0 saturated heterocycles. The lowest BCUT2D eigenvalue weighted by molar-refractivity contribution is -0.139. The van der Waals surface area contributed by atoms with Crippen LogP contribution in [-0.4, -0.2) is 27.5 Å². The summed E-state index contributed by atoms with van der Waals surface area (Å²) in [5.41, 5.74) is -0.790. The molecule has 1 heterocycles. The van der Waals surface area contributed by atoms with E-state index in [4.69, 9.17) is 5.11 Å². The van der Waals surface area contributed by atoms with Crippen molar-refractivity contribution in [3.05, 3.63) is 34.2 Å². The van der Waals surface area contributed by atoms with Gasteiger partial charge in [0.1, 0.15) is 0 Å². The van der Waals surface area contributed by atoms with E-state index in [1.165, 1.54) is 18.3 Å². The topological polar surface area (TPSA) is 99.3 Å². The number of carbonyl (C=O) groups is 2. The Kier molecular flexibility index (Phi) is 4.22. The van der Waals surface area contributed by atoms with Crippen molar-refractivity contribution in [1.29, 1.82) is 0 Å². The van der Waals surface area contributed by atoms with Gasteiger partial charge >= 0.3 is 5.97 Å². The maximum Gasteiger partial charge on any atom is 0.305 e. The zero-order chi connectivity index (χ0) is 14.6. The second-order valence-electron chi connectivity index (χ2n) is 5.31. The number of aromatic nitrogens is 1. The summed E-state index contributed by atoms with van der Waals surface area (Å²) in [4.78, 5) is 36.9. The predicted octanol–water partition coefficient (Wildman–Crippen LogP) is 1.28. The second-order valence-corrected chi connectivity index (χ2v) is 5.31. The summed E-state index contributed by atoms with van der Waals surface area (Å²) in [5.74, 6) is -1.31. The molecule has 1 saturated carbocycles. The normalized spacial score (nSPS) is 17.4. The van der Waals surface area contributed by atoms with Gasteiger partial charge in [-0.1, -0.05) is 19.3 Å². The molecule has 0 atom stereocenters. The second kappa shape index (κ2) is 5.90. The third kappa shape index (κ3) is 3.46. The van der Waals surface area contributed by atoms with Gasteiger partial charge in [0.15, 0.2) is 0 Å². The fraction of sp³-hybridized carbons (Fsp3) is 0.500. The van der Waals surface area contributed by atoms with Crippen LogP contribution < -0.4 is 10.9 Å². The van der Waals surface area contributed by atoms with Gasteiger partial charge in [-0.15, -0.1) is 0 Å². The van der Waals surface area contributed by atoms with Crippen LogP contribution in [0.15, 0.2) is 23.1 Å². The van der Waals surface area contributed by atoms with E-state index in [0.29, 0.717) is 12.8 Å². The number of nitrogens with one attached hydrogen (secondary N) is 2. The van der Waals surface area contributed by atoms with Crippen molar-refractivity contribution in [2.45, 2.75) is 44.1 Å². The summed E-state index contributed by atoms with van der Waals surface area (Å²) in [6.45, 7) is 0. The molecular formula is C14H18N2O4. The molecule has 1 aromatic heterocycles. The zero-order valence-corrected chi connectivity index (χ0v) is 11.1. The summed E-state index contributed by atoms with van der Waals surface area (Å²) < 4.78 is 0. The van der Waals surface area contributed by atoms with Gasteiger partial charge in [-0.2, -0.15) is 0 Å². The number of rotatable bonds is 4. The Morgan fingerprint density at radius 3 is 2.60 bits per heavy atom. The summed E-state index contributed by atoms with van der Waals surface area (Å²) >= 11 is 0. The van der Waals surface area contributed by atoms with Gasteiger partial charge in [0.05, 0.1) is 12.0 Å². The largest absolute Gasteiger partial charge is 0.481 e. The van der Waals surface area contributed by atoms with Crippen molar-refractivity contribution in [3.63, 3.8) is 0 Å². The number of hydrogen-bond donors (Lipinski definition) is 3. The first-order valence-corrected chi connectivity index (χ1v) is 6.74. The van der Waals surface area contributed by atoms with Gasteiger partial charge in [0.25, 0.3) is 5.91 Å². The maximum atomic E-state index is 12.2. The van der Waals surface area contributed by atoms with Crippen molar-refractivity contribution in [3.8, 4) is 0 Å². The molecule has 1 aliphatic rings. The minimum Gasteiger partial charge on any atom is -0.481 e. The average molecular weight is 278 g/mol. The molecule has 6 nitrogen and oxygen atoms in total. The molecule has 0 spiro atoms. The Labute approximate surface area is 116 Å². The van der Waals surface area contributed by atoms with Crippen molar-refractivity contribution < 1.29 is 14.7 Å². The Bertz CT molecular complexity index is 558. The van der Waals surface area contributed by atoms with E-state index >= 15 is 0 Å². The van der Waals surface area contributed by atoms with Crippen LogP contribution in [0.4, 0.5) is 0 Å². The van der Waals surface area contributed by atoms with Gasteiger partial charge in [0, 0.05) is 17.8 Å². The van der Waals surface area contributed by atoms with Crippen molar-refractivity contribution in [2.75, 3.05) is 0 Å². The average Bonchev–Trinajstić information content (AvgIpc) is 2.38. The van der Waals surface area contributed by atoms with Crippen LogP contribution in [0.5, 0.6) is 0 Å². The number of hydrogen-bond acceptors (Lipinski definition) is 3. The van der Waals surface area contributed by atoms with Gasteiger partial charge in [-0.3, -0.25) is 14.4 Å². The molecule has 0 bridgehead atoms. The number of pyridine rings is 1.